The number of aromatic nitrogens is 3. The fourth-order valence-corrected chi connectivity index (χ4v) is 8.69. The van der Waals surface area contributed by atoms with Crippen LogP contribution >= 0.6 is 11.6 Å². The maximum absolute atomic E-state index is 14.7. The number of ether oxygens (including phenoxy) is 2. The molecule has 2 aromatic carbocycles. The average Bonchev–Trinajstić information content (AvgIpc) is 3.60. The van der Waals surface area contributed by atoms with Crippen LogP contribution in [0.25, 0.3) is 17.3 Å². The van der Waals surface area contributed by atoms with E-state index in [1.165, 1.54) is 43.9 Å². The fraction of sp³-hybridized carbons (Fsp3) is 0.400. The molecule has 2 atom stereocenters. The Morgan fingerprint density at radius 1 is 1.02 bits per heavy atom. The normalized spacial score (nSPS) is 13.8. The first-order chi connectivity index (χ1) is 21.4. The van der Waals surface area contributed by atoms with Crippen molar-refractivity contribution in [1.29, 1.82) is 0 Å². The summed E-state index contributed by atoms with van der Waals surface area (Å²) in [6, 6.07) is 13.0. The van der Waals surface area contributed by atoms with E-state index in [-0.39, 0.29) is 33.8 Å². The molecule has 0 bridgehead atoms. The van der Waals surface area contributed by atoms with Gasteiger partial charge in [-0.05, 0) is 56.3 Å². The number of hydrogen-bond donors (Lipinski definition) is 1. The van der Waals surface area contributed by atoms with E-state index in [0.717, 1.165) is 10.6 Å². The monoisotopic (exact) mass is 710 g/mol. The third-order valence-corrected chi connectivity index (χ3v) is 12.7. The van der Waals surface area contributed by atoms with Crippen molar-refractivity contribution in [3.05, 3.63) is 64.9 Å². The number of aliphatic hydroxyl groups excluding tert-OH is 1. The largest absolute Gasteiger partial charge is 0.494 e. The first-order valence-corrected chi connectivity index (χ1v) is 21.8. The van der Waals surface area contributed by atoms with Gasteiger partial charge in [0, 0.05) is 31.5 Å². The maximum Gasteiger partial charge on any atom is 0.246 e. The standard InChI is InChI=1S/C30H39ClN4O8S2Si/c1-19-12-15-25(43-19)29-32-33-30(35(29)27-23(41-3)10-9-11-24(27)42-4)34(16-17-46(6,7)8)45(39,40)20(2)28(36)22-14-13-21(31)18-26(22)44(5,37)38/h9-15,18,20,28,36H,16-17H2,1-8H3/t20-,28-/m0/s1. The minimum absolute atomic E-state index is 0.00144. The van der Waals surface area contributed by atoms with Crippen molar-refractivity contribution in [2.24, 2.45) is 0 Å². The molecule has 46 heavy (non-hydrogen) atoms. The number of sulfone groups is 1. The second kappa shape index (κ2) is 13.4. The van der Waals surface area contributed by atoms with Gasteiger partial charge in [0.25, 0.3) is 0 Å². The highest BCUT2D eigenvalue weighted by Crippen LogP contribution is 2.40. The van der Waals surface area contributed by atoms with E-state index < -0.39 is 39.3 Å². The maximum atomic E-state index is 14.7. The first kappa shape index (κ1) is 35.5. The minimum atomic E-state index is -4.49. The molecule has 1 N–H and O–H groups in total. The topological polar surface area (TPSA) is 154 Å². The van der Waals surface area contributed by atoms with Crippen LogP contribution in [0.15, 0.2) is 57.8 Å². The van der Waals surface area contributed by atoms with E-state index in [2.05, 4.69) is 29.8 Å². The lowest BCUT2D eigenvalue weighted by atomic mass is 10.1. The number of anilines is 1. The number of sulfonamides is 1. The van der Waals surface area contributed by atoms with Crippen molar-refractivity contribution < 1.29 is 35.8 Å². The van der Waals surface area contributed by atoms with Crippen LogP contribution in [0.1, 0.15) is 24.4 Å². The number of benzene rings is 2. The van der Waals surface area contributed by atoms with Gasteiger partial charge in [-0.1, -0.05) is 43.4 Å². The van der Waals surface area contributed by atoms with Crippen molar-refractivity contribution >= 4 is 45.5 Å². The highest BCUT2D eigenvalue weighted by Gasteiger charge is 2.40. The summed E-state index contributed by atoms with van der Waals surface area (Å²) < 4.78 is 74.5. The smallest absolute Gasteiger partial charge is 0.246 e. The molecule has 250 valence electrons. The summed E-state index contributed by atoms with van der Waals surface area (Å²) in [6.07, 6.45) is -0.777. The number of hydrogen-bond acceptors (Lipinski definition) is 10. The number of aryl methyl sites for hydroxylation is 1. The Bertz CT molecular complexity index is 1920. The van der Waals surface area contributed by atoms with Gasteiger partial charge in [0.2, 0.25) is 21.8 Å². The van der Waals surface area contributed by atoms with Crippen LogP contribution in [0.5, 0.6) is 11.5 Å². The van der Waals surface area contributed by atoms with Gasteiger partial charge in [-0.3, -0.25) is 4.57 Å². The molecule has 0 aliphatic rings. The lowest BCUT2D eigenvalue weighted by Crippen LogP contribution is -2.44. The van der Waals surface area contributed by atoms with Gasteiger partial charge in [-0.15, -0.1) is 10.2 Å². The van der Waals surface area contributed by atoms with Crippen LogP contribution in [0.2, 0.25) is 30.7 Å². The molecule has 2 aromatic heterocycles. The lowest BCUT2D eigenvalue weighted by molar-refractivity contribution is 0.172. The highest BCUT2D eigenvalue weighted by molar-refractivity contribution is 7.93. The van der Waals surface area contributed by atoms with E-state index in [9.17, 15) is 21.9 Å². The Morgan fingerprint density at radius 3 is 2.17 bits per heavy atom. The molecule has 0 saturated carbocycles. The van der Waals surface area contributed by atoms with Crippen LogP contribution in [0, 0.1) is 6.92 Å². The Kier molecular flexibility index (Phi) is 10.3. The Hall–Kier alpha value is -3.37. The summed E-state index contributed by atoms with van der Waals surface area (Å²) in [6.45, 7) is 9.41. The van der Waals surface area contributed by atoms with Gasteiger partial charge >= 0.3 is 0 Å². The molecule has 0 radical (unpaired) electrons. The van der Waals surface area contributed by atoms with Crippen LogP contribution in [-0.4, -0.2) is 77.1 Å². The van der Waals surface area contributed by atoms with Gasteiger partial charge < -0.3 is 19.0 Å². The number of furan rings is 1. The van der Waals surface area contributed by atoms with Crippen LogP contribution in [0.4, 0.5) is 5.95 Å². The van der Waals surface area contributed by atoms with E-state index in [1.54, 1.807) is 37.3 Å². The number of methoxy groups -OCH3 is 2. The van der Waals surface area contributed by atoms with Crippen LogP contribution in [-0.2, 0) is 19.9 Å². The van der Waals surface area contributed by atoms with E-state index in [0.29, 0.717) is 34.8 Å². The van der Waals surface area contributed by atoms with Gasteiger partial charge in [0.1, 0.15) is 28.2 Å². The second-order valence-corrected chi connectivity index (χ2v) is 22.4. The zero-order valence-corrected chi connectivity index (χ0v) is 30.4. The number of aliphatic hydroxyl groups is 1. The summed E-state index contributed by atoms with van der Waals surface area (Å²) in [5.74, 6) is 1.70. The predicted molar refractivity (Wildman–Crippen MR) is 180 cm³/mol. The van der Waals surface area contributed by atoms with Gasteiger partial charge in [0.15, 0.2) is 15.6 Å². The van der Waals surface area contributed by atoms with Gasteiger partial charge in [-0.2, -0.15) is 0 Å². The number of nitrogens with zero attached hydrogens (tertiary/aromatic N) is 4. The molecule has 2 heterocycles. The Morgan fingerprint density at radius 2 is 1.65 bits per heavy atom. The van der Waals surface area contributed by atoms with E-state index >= 15 is 0 Å². The summed E-state index contributed by atoms with van der Waals surface area (Å²) in [5.41, 5.74) is 0.239. The van der Waals surface area contributed by atoms with Gasteiger partial charge in [0.05, 0.1) is 25.2 Å². The number of halogens is 1. The molecule has 0 unspecified atom stereocenters. The molecule has 0 aliphatic heterocycles. The third kappa shape index (κ3) is 7.28. The quantitative estimate of drug-likeness (QED) is 0.176. The van der Waals surface area contributed by atoms with Crippen molar-refractivity contribution in [2.75, 3.05) is 31.3 Å². The minimum Gasteiger partial charge on any atom is -0.494 e. The summed E-state index contributed by atoms with van der Waals surface area (Å²) in [7, 11) is -7.29. The highest BCUT2D eigenvalue weighted by atomic mass is 35.5. The molecule has 0 spiro atoms. The number of rotatable bonds is 13. The first-order valence-electron chi connectivity index (χ1n) is 14.3. The van der Waals surface area contributed by atoms with E-state index in [4.69, 9.17) is 25.5 Å². The fourth-order valence-electron chi connectivity index (χ4n) is 4.88. The molecule has 4 aromatic rings. The van der Waals surface area contributed by atoms with Crippen LogP contribution < -0.4 is 13.8 Å². The molecule has 0 amide bonds. The molecule has 0 aliphatic carbocycles. The SMILES string of the molecule is COc1cccc(OC)c1-n1c(-c2ccc(C)o2)nnc1N(CC[Si](C)(C)C)S(=O)(=O)[C@@H](C)[C@H](O)c1ccc(Cl)cc1S(C)(=O)=O. The Labute approximate surface area is 275 Å². The average molecular weight is 711 g/mol. The predicted octanol–water partition coefficient (Wildman–Crippen LogP) is 5.51. The summed E-state index contributed by atoms with van der Waals surface area (Å²) in [5, 5.41) is 18.9. The molecule has 16 heteroatoms. The molecule has 0 saturated heterocycles. The zero-order chi connectivity index (χ0) is 34.2. The zero-order valence-electron chi connectivity index (χ0n) is 27.0. The molecule has 4 rings (SSSR count). The summed E-state index contributed by atoms with van der Waals surface area (Å²) >= 11 is 6.08. The number of para-hydroxylation sites is 1. The van der Waals surface area contributed by atoms with Crippen molar-refractivity contribution in [2.45, 2.75) is 55.8 Å². The van der Waals surface area contributed by atoms with Gasteiger partial charge in [-0.25, -0.2) is 21.1 Å². The van der Waals surface area contributed by atoms with Crippen LogP contribution in [0.3, 0.4) is 0 Å². The van der Waals surface area contributed by atoms with E-state index in [1.807, 2.05) is 0 Å². The lowest BCUT2D eigenvalue weighted by Gasteiger charge is -2.31. The molecular formula is C30H39ClN4O8S2Si. The summed E-state index contributed by atoms with van der Waals surface area (Å²) in [4.78, 5) is -0.263. The van der Waals surface area contributed by atoms with Crippen molar-refractivity contribution in [3.8, 4) is 28.8 Å². The molecule has 12 nitrogen and oxygen atoms in total. The second-order valence-electron chi connectivity index (χ2n) is 12.1. The third-order valence-electron chi connectivity index (χ3n) is 7.44. The Balaban J connectivity index is 1.99. The molecular weight excluding hydrogens is 672 g/mol. The van der Waals surface area contributed by atoms with Crippen molar-refractivity contribution in [3.63, 3.8) is 0 Å². The van der Waals surface area contributed by atoms with Crippen molar-refractivity contribution in [1.82, 2.24) is 14.8 Å². The molecule has 0 fully saturated rings.